The maximum Gasteiger partial charge on any atom is -0.00442 e. The van der Waals surface area contributed by atoms with Crippen molar-refractivity contribution in [3.8, 4) is 0 Å². The van der Waals surface area contributed by atoms with Gasteiger partial charge in [-0.1, -0.05) is 76.1 Å². The molecule has 0 atom stereocenters. The third-order valence-electron chi connectivity index (χ3n) is 4.91. The zero-order valence-corrected chi connectivity index (χ0v) is 12.6. The molecule has 1 saturated carbocycles. The summed E-state index contributed by atoms with van der Waals surface area (Å²) in [7, 11) is 0. The molecule has 0 unspecified atom stereocenters. The molecule has 0 aromatic heterocycles. The fourth-order valence-electron chi connectivity index (χ4n) is 3.81. The lowest BCUT2D eigenvalue weighted by atomic mass is 9.65. The van der Waals surface area contributed by atoms with Gasteiger partial charge >= 0.3 is 0 Å². The minimum absolute atomic E-state index is 0.449. The van der Waals surface area contributed by atoms with Crippen molar-refractivity contribution in [2.45, 2.75) is 76.5 Å². The Balaban J connectivity index is 2.12. The minimum atomic E-state index is 0.449. The van der Waals surface area contributed by atoms with E-state index in [4.69, 9.17) is 0 Å². The van der Waals surface area contributed by atoms with Crippen LogP contribution in [0.25, 0.3) is 0 Å². The largest absolute Gasteiger partial charge is 0.0654 e. The first kappa shape index (κ1) is 14.6. The minimum Gasteiger partial charge on any atom is -0.0654 e. The summed E-state index contributed by atoms with van der Waals surface area (Å²) in [5.41, 5.74) is 3.26. The van der Waals surface area contributed by atoms with Crippen molar-refractivity contribution in [2.24, 2.45) is 0 Å². The van der Waals surface area contributed by atoms with Crippen LogP contribution >= 0.6 is 0 Å². The van der Waals surface area contributed by atoms with Crippen LogP contribution in [0.2, 0.25) is 0 Å². The van der Waals surface area contributed by atoms with Crippen LogP contribution in [-0.4, -0.2) is 0 Å². The van der Waals surface area contributed by atoms with Gasteiger partial charge in [-0.15, -0.1) is 0 Å². The second-order valence-corrected chi connectivity index (χ2v) is 6.31. The molecule has 1 fully saturated rings. The highest BCUT2D eigenvalue weighted by Crippen LogP contribution is 2.44. The molecule has 1 radical (unpaired) electrons. The van der Waals surface area contributed by atoms with Gasteiger partial charge in [0.05, 0.1) is 0 Å². The van der Waals surface area contributed by atoms with E-state index < -0.39 is 0 Å². The predicted octanol–water partition coefficient (Wildman–Crippen LogP) is 6.04. The Morgan fingerprint density at radius 1 is 1.00 bits per heavy atom. The van der Waals surface area contributed by atoms with E-state index in [0.717, 1.165) is 0 Å². The van der Waals surface area contributed by atoms with Crippen LogP contribution in [0.3, 0.4) is 0 Å². The van der Waals surface area contributed by atoms with Crippen LogP contribution in [0, 0.1) is 6.92 Å². The van der Waals surface area contributed by atoms with E-state index in [1.54, 1.807) is 5.56 Å². The molecule has 2 rings (SSSR count). The van der Waals surface area contributed by atoms with Gasteiger partial charge in [0.2, 0.25) is 0 Å². The monoisotopic (exact) mass is 257 g/mol. The molecule has 0 N–H and O–H groups in total. The predicted molar refractivity (Wildman–Crippen MR) is 84.4 cm³/mol. The zero-order valence-electron chi connectivity index (χ0n) is 12.6. The van der Waals surface area contributed by atoms with E-state index in [2.05, 4.69) is 38.1 Å². The number of hydrogen-bond donors (Lipinski definition) is 0. The summed E-state index contributed by atoms with van der Waals surface area (Å²) in [6, 6.07) is 8.86. The Kier molecular flexibility index (Phi) is 5.48. The zero-order chi connectivity index (χ0) is 13.6. The molecule has 1 aromatic carbocycles. The molecule has 0 amide bonds. The van der Waals surface area contributed by atoms with Gasteiger partial charge in [0.25, 0.3) is 0 Å². The molecular weight excluding hydrogens is 228 g/mol. The van der Waals surface area contributed by atoms with Crippen molar-refractivity contribution in [1.82, 2.24) is 0 Å². The smallest absolute Gasteiger partial charge is 0.00442 e. The first-order valence-corrected chi connectivity index (χ1v) is 8.20. The highest BCUT2D eigenvalue weighted by molar-refractivity contribution is 5.36. The third kappa shape index (κ3) is 3.61. The second kappa shape index (κ2) is 7.12. The van der Waals surface area contributed by atoms with E-state index in [1.807, 2.05) is 0 Å². The van der Waals surface area contributed by atoms with Crippen molar-refractivity contribution >= 4 is 0 Å². The van der Waals surface area contributed by atoms with Gasteiger partial charge in [0.1, 0.15) is 0 Å². The molecule has 0 heterocycles. The summed E-state index contributed by atoms with van der Waals surface area (Å²) in [5.74, 6) is 0. The van der Waals surface area contributed by atoms with Gasteiger partial charge in [-0.25, -0.2) is 0 Å². The molecule has 0 spiro atoms. The highest BCUT2D eigenvalue weighted by Gasteiger charge is 2.33. The van der Waals surface area contributed by atoms with Gasteiger partial charge < -0.3 is 0 Å². The molecule has 0 aliphatic heterocycles. The Morgan fingerprint density at radius 3 is 2.42 bits per heavy atom. The van der Waals surface area contributed by atoms with Gasteiger partial charge in [0.15, 0.2) is 0 Å². The molecule has 1 aromatic rings. The standard InChI is InChI=1S/C19H29/c1-3-4-5-9-14-19(15-10-6-11-16-19)18-13-8-7-12-17(18)2/h7-8,12-13H,2-6,9-11,14-16H2,1H3. The lowest BCUT2D eigenvalue weighted by Gasteiger charge is -2.39. The van der Waals surface area contributed by atoms with Crippen LogP contribution in [-0.2, 0) is 5.41 Å². The summed E-state index contributed by atoms with van der Waals surface area (Å²) in [6.07, 6.45) is 13.9. The Morgan fingerprint density at radius 2 is 1.74 bits per heavy atom. The first-order chi connectivity index (χ1) is 9.28. The fraction of sp³-hybridized carbons (Fsp3) is 0.632. The second-order valence-electron chi connectivity index (χ2n) is 6.31. The number of unbranched alkanes of at least 4 members (excludes halogenated alkanes) is 3. The highest BCUT2D eigenvalue weighted by atomic mass is 14.4. The maximum atomic E-state index is 4.29. The van der Waals surface area contributed by atoms with Crippen molar-refractivity contribution < 1.29 is 0 Å². The number of rotatable bonds is 6. The number of benzene rings is 1. The van der Waals surface area contributed by atoms with Gasteiger partial charge in [-0.3, -0.25) is 0 Å². The van der Waals surface area contributed by atoms with E-state index in [1.165, 1.54) is 69.8 Å². The third-order valence-corrected chi connectivity index (χ3v) is 4.91. The average molecular weight is 257 g/mol. The molecular formula is C19H29. The van der Waals surface area contributed by atoms with Gasteiger partial charge in [-0.05, 0) is 42.7 Å². The van der Waals surface area contributed by atoms with Gasteiger partial charge in [0, 0.05) is 0 Å². The summed E-state index contributed by atoms with van der Waals surface area (Å²) >= 11 is 0. The van der Waals surface area contributed by atoms with Crippen LogP contribution in [0.1, 0.15) is 82.3 Å². The SMILES string of the molecule is [CH2]c1ccccc1C1(CCCCCC)CCCCC1. The van der Waals surface area contributed by atoms with E-state index in [9.17, 15) is 0 Å². The molecule has 0 bridgehead atoms. The molecule has 0 nitrogen and oxygen atoms in total. The molecule has 105 valence electrons. The summed E-state index contributed by atoms with van der Waals surface area (Å²) < 4.78 is 0. The van der Waals surface area contributed by atoms with E-state index in [0.29, 0.717) is 5.41 Å². The van der Waals surface area contributed by atoms with Crippen LogP contribution < -0.4 is 0 Å². The maximum absolute atomic E-state index is 4.29. The van der Waals surface area contributed by atoms with Crippen molar-refractivity contribution in [3.05, 3.63) is 42.3 Å². The van der Waals surface area contributed by atoms with Crippen molar-refractivity contribution in [1.29, 1.82) is 0 Å². The topological polar surface area (TPSA) is 0 Å². The quantitative estimate of drug-likeness (QED) is 0.545. The van der Waals surface area contributed by atoms with E-state index in [-0.39, 0.29) is 0 Å². The molecule has 1 aliphatic rings. The summed E-state index contributed by atoms with van der Waals surface area (Å²) in [5, 5.41) is 0. The normalized spacial score (nSPS) is 18.4. The lowest BCUT2D eigenvalue weighted by Crippen LogP contribution is -2.30. The van der Waals surface area contributed by atoms with E-state index >= 15 is 0 Å². The Hall–Kier alpha value is -0.780. The molecule has 0 heteroatoms. The summed E-state index contributed by atoms with van der Waals surface area (Å²) in [4.78, 5) is 0. The molecule has 0 saturated heterocycles. The molecule has 19 heavy (non-hydrogen) atoms. The lowest BCUT2D eigenvalue weighted by molar-refractivity contribution is 0.265. The van der Waals surface area contributed by atoms with Gasteiger partial charge in [-0.2, -0.15) is 0 Å². The van der Waals surface area contributed by atoms with Crippen LogP contribution in [0.15, 0.2) is 24.3 Å². The van der Waals surface area contributed by atoms with Crippen molar-refractivity contribution in [2.75, 3.05) is 0 Å². The number of hydrogen-bond acceptors (Lipinski definition) is 0. The van der Waals surface area contributed by atoms with Crippen molar-refractivity contribution in [3.63, 3.8) is 0 Å². The Labute approximate surface area is 119 Å². The van der Waals surface area contributed by atoms with Crippen LogP contribution in [0.4, 0.5) is 0 Å². The fourth-order valence-corrected chi connectivity index (χ4v) is 3.81. The Bertz CT molecular complexity index is 371. The summed E-state index contributed by atoms with van der Waals surface area (Å²) in [6.45, 7) is 6.58. The molecule has 1 aliphatic carbocycles. The van der Waals surface area contributed by atoms with Crippen LogP contribution in [0.5, 0.6) is 0 Å². The average Bonchev–Trinajstić information content (AvgIpc) is 2.45. The first-order valence-electron chi connectivity index (χ1n) is 8.20.